The quantitative estimate of drug-likeness (QED) is 0.0635. The Hall–Kier alpha value is -14.7. The summed E-state index contributed by atoms with van der Waals surface area (Å²) in [6, 6.07) is 158. The number of anilines is 7. The summed E-state index contributed by atoms with van der Waals surface area (Å²) in [6.45, 7) is 14.8. The molecule has 4 aromatic heterocycles. The summed E-state index contributed by atoms with van der Waals surface area (Å²) in [5.41, 5.74) is 35.1. The SMILES string of the molecule is CCCCC1(CCCC)c2ccccc2-c2ccc(-c3c[c-]c(N4[CH-]N(C)c5ccccc54)cc3)cc21.CN1C=CN(c2[c-]cc(-c3ccc4c(c3)P(=O)(c3ccccc3)c3ccccc3-4)cc2)[CH-]1.CN1[CH-]N(c2[c-]cc(-c3ccc4c5ccccc5n(-c5ccccc5)c4c3)cc2)c2ccccc21.Cc1cc(-c2[c-]cccc2)[n-]n1.Cc1cc(-c2[c-]cccc2)[n-]n1.[Pt+4].[Pt+4].[Pt+4].[c-]1ccccc1-c1[n-]nc2ccccc12. The molecule has 0 fully saturated rings. The van der Waals surface area contributed by atoms with E-state index in [1.165, 1.54) is 122 Å². The zero-order valence-electron chi connectivity index (χ0n) is 81.9. The molecule has 18 heteroatoms. The Labute approximate surface area is 899 Å². The monoisotopic (exact) mass is 2450 g/mol. The number of hydrogen-bond donors (Lipinski definition) is 0. The summed E-state index contributed by atoms with van der Waals surface area (Å²) in [7, 11) is 3.25. The van der Waals surface area contributed by atoms with Gasteiger partial charge in [-0.3, -0.25) is 0 Å². The molecule has 4 aliphatic heterocycles. The van der Waals surface area contributed by atoms with E-state index in [4.69, 9.17) is 0 Å². The fourth-order valence-electron chi connectivity index (χ4n) is 20.0. The number of para-hydroxylation sites is 6. The Kier molecular flexibility index (Phi) is 31.7. The number of rotatable bonds is 17. The topological polar surface area (TPSA) is 122 Å². The third-order valence-electron chi connectivity index (χ3n) is 27.1. The van der Waals surface area contributed by atoms with Gasteiger partial charge in [-0.2, -0.15) is 97.0 Å². The zero-order valence-corrected chi connectivity index (χ0v) is 89.6. The van der Waals surface area contributed by atoms with Gasteiger partial charge in [0.2, 0.25) is 0 Å². The van der Waals surface area contributed by atoms with Gasteiger partial charge in [0.1, 0.15) is 0 Å². The van der Waals surface area contributed by atoms with Gasteiger partial charge in [-0.15, -0.1) is 143 Å². The molecule has 0 amide bonds. The average Bonchev–Trinajstić information content (AvgIpc) is 1.57. The second-order valence-corrected chi connectivity index (χ2v) is 39.1. The normalized spacial score (nSPS) is 13.8. The molecule has 8 heterocycles. The molecule has 0 saturated heterocycles. The molecule has 0 radical (unpaired) electrons. The van der Waals surface area contributed by atoms with Crippen molar-refractivity contribution < 1.29 is 67.8 Å². The van der Waals surface area contributed by atoms with Crippen molar-refractivity contribution in [1.82, 2.24) is 40.1 Å². The number of aryl methyl sites for hydroxylation is 2. The molecule has 17 aromatic carbocycles. The standard InChI is InChI=1S/C35H36N2.C32H23N3.C28H21N2OP.C13H8N2.2C10H8N2.3Pt/c1-4-6-22-35(23-7-5-2)31-13-9-8-12-29(31)30-21-18-27(24-32(30)35)26-16-19-28(20-17-26)37-25-36(3)33-14-10-11-15-34(33)37;1-33-22-34(31-14-8-7-13-30(31)33)25-18-15-23(16-19-25)24-17-20-28-27-11-5-6-12-29(27)35(32(28)21-24)26-9-3-2-4-10-26;1-29-17-18-30(20-29)23-14-11-21(12-15-23)22-13-16-26-25-9-5-6-10-27(25)32(31,28(26)19-22)24-7-3-2-4-8-24;1-2-6-10(7-3-1)13-11-8-4-5-9-12(11)14-15-13;2*1-8-7-10(12-11-8)9-5-3-2-4-6-9;;;/h8-19,21,24-25H,4-7,22-23H2,1-3H3;2-18,20-22H,1H3;2-14,16-20H,1H3;1-6,8-9H;2*2-5,7H,1H3;;;/q6*-2;3*+4. The number of hydrogen-bond acceptors (Lipinski definition) is 10. The molecule has 1 atom stereocenters. The average molecular weight is 2460 g/mol. The molecule has 26 rings (SSSR count). The maximum absolute atomic E-state index is 14.7. The maximum Gasteiger partial charge on any atom is 4.00 e. The Bertz CT molecular complexity index is 8030. The van der Waals surface area contributed by atoms with E-state index in [9.17, 15) is 4.57 Å². The van der Waals surface area contributed by atoms with E-state index in [0.717, 1.165) is 117 Å². The first-order valence-electron chi connectivity index (χ1n) is 48.7. The fourth-order valence-corrected chi connectivity index (χ4v) is 23.1. The van der Waals surface area contributed by atoms with E-state index in [0.29, 0.717) is 0 Å². The maximum atomic E-state index is 14.7. The Morgan fingerprint density at radius 2 is 0.815 bits per heavy atom. The molecule has 14 nitrogen and oxygen atoms in total. The molecule has 21 aromatic rings. The molecule has 1 aliphatic carbocycles. The van der Waals surface area contributed by atoms with Gasteiger partial charge in [0.15, 0.2) is 7.14 Å². The molecule has 5 aliphatic rings. The van der Waals surface area contributed by atoms with Crippen LogP contribution in [-0.4, -0.2) is 45.9 Å². The van der Waals surface area contributed by atoms with Gasteiger partial charge >= 0.3 is 63.2 Å². The molecule has 0 spiro atoms. The van der Waals surface area contributed by atoms with E-state index < -0.39 is 7.14 Å². The van der Waals surface area contributed by atoms with Crippen LogP contribution in [0.2, 0.25) is 0 Å². The molecule has 0 saturated carbocycles. The van der Waals surface area contributed by atoms with E-state index in [-0.39, 0.29) is 68.6 Å². The predicted octanol–water partition coefficient (Wildman–Crippen LogP) is 28.9. The second-order valence-electron chi connectivity index (χ2n) is 36.4. The Balaban J connectivity index is 0.000000120. The van der Waals surface area contributed by atoms with Crippen LogP contribution in [0.4, 0.5) is 39.8 Å². The summed E-state index contributed by atoms with van der Waals surface area (Å²) in [5.74, 6) is 0. The van der Waals surface area contributed by atoms with Crippen molar-refractivity contribution in [1.29, 1.82) is 0 Å². The minimum atomic E-state index is -2.92. The van der Waals surface area contributed by atoms with Crippen LogP contribution in [0.15, 0.2) is 413 Å². The molecule has 0 bridgehead atoms. The van der Waals surface area contributed by atoms with Crippen molar-refractivity contribution in [3.63, 3.8) is 0 Å². The van der Waals surface area contributed by atoms with Crippen molar-refractivity contribution in [3.05, 3.63) is 492 Å². The molecule has 1 unspecified atom stereocenters. The van der Waals surface area contributed by atoms with E-state index >= 15 is 0 Å². The summed E-state index contributed by atoms with van der Waals surface area (Å²) >= 11 is 0. The van der Waals surface area contributed by atoms with Crippen molar-refractivity contribution in [2.45, 2.75) is 71.6 Å². The fraction of sp³-hybridized carbons (Fsp3) is 0.109. The van der Waals surface area contributed by atoms with Crippen molar-refractivity contribution in [2.24, 2.45) is 0 Å². The first-order chi connectivity index (χ1) is 70.2. The minimum Gasteiger partial charge on any atom is -0.619 e. The van der Waals surface area contributed by atoms with Crippen LogP contribution in [0.3, 0.4) is 0 Å². The van der Waals surface area contributed by atoms with E-state index in [1.807, 2.05) is 214 Å². The predicted molar refractivity (Wildman–Crippen MR) is 589 cm³/mol. The van der Waals surface area contributed by atoms with E-state index in [2.05, 4.69) is 369 Å². The molecule has 722 valence electrons. The van der Waals surface area contributed by atoms with Crippen molar-refractivity contribution in [3.8, 4) is 95.1 Å². The van der Waals surface area contributed by atoms with Gasteiger partial charge in [0, 0.05) is 77.4 Å². The van der Waals surface area contributed by atoms with Crippen LogP contribution in [-0.2, 0) is 73.2 Å². The molecular formula is C128H104N13OPPt3. The first kappa shape index (κ1) is 101. The summed E-state index contributed by atoms with van der Waals surface area (Å²) in [4.78, 5) is 12.8. The third-order valence-corrected chi connectivity index (χ3v) is 30.3. The van der Waals surface area contributed by atoms with Crippen molar-refractivity contribution >= 4 is 95.6 Å². The number of fused-ring (bicyclic) bond motifs is 12. The van der Waals surface area contributed by atoms with Gasteiger partial charge in [-0.1, -0.05) is 280 Å². The van der Waals surface area contributed by atoms with Crippen LogP contribution in [0.1, 0.15) is 74.9 Å². The van der Waals surface area contributed by atoms with Gasteiger partial charge in [0.25, 0.3) is 0 Å². The Morgan fingerprint density at radius 3 is 1.36 bits per heavy atom. The second kappa shape index (κ2) is 45.7. The first-order valence-corrected chi connectivity index (χ1v) is 50.5. The number of benzene rings is 17. The van der Waals surface area contributed by atoms with Crippen LogP contribution >= 0.6 is 7.14 Å². The largest absolute Gasteiger partial charge is 4.00 e. The van der Waals surface area contributed by atoms with Crippen molar-refractivity contribution in [2.75, 3.05) is 45.6 Å². The summed E-state index contributed by atoms with van der Waals surface area (Å²) in [6.07, 6.45) is 11.4. The molecular weight excluding hydrogens is 2350 g/mol. The molecule has 146 heavy (non-hydrogen) atoms. The van der Waals surface area contributed by atoms with Gasteiger partial charge < -0.3 is 69.1 Å². The summed E-state index contributed by atoms with van der Waals surface area (Å²) in [5, 5.41) is 30.5. The number of aromatic nitrogens is 7. The van der Waals surface area contributed by atoms with Gasteiger partial charge in [0.05, 0.1) is 11.0 Å². The molecule has 0 N–H and O–H groups in total. The third kappa shape index (κ3) is 20.7. The van der Waals surface area contributed by atoms with Gasteiger partial charge in [-0.05, 0) is 148 Å². The van der Waals surface area contributed by atoms with Crippen LogP contribution in [0.25, 0.3) is 128 Å². The van der Waals surface area contributed by atoms with Crippen LogP contribution < -0.4 is 55.7 Å². The van der Waals surface area contributed by atoms with Crippen LogP contribution in [0, 0.1) is 70.3 Å². The smallest absolute Gasteiger partial charge is 0.619 e. The number of nitrogens with zero attached hydrogens (tertiary/aromatic N) is 13. The van der Waals surface area contributed by atoms with Crippen LogP contribution in [0.5, 0.6) is 0 Å². The summed E-state index contributed by atoms with van der Waals surface area (Å²) < 4.78 is 17.0. The Morgan fingerprint density at radius 1 is 0.356 bits per heavy atom. The van der Waals surface area contributed by atoms with Gasteiger partial charge in [-0.25, -0.2) is 11.4 Å². The zero-order chi connectivity index (χ0) is 97.3. The van der Waals surface area contributed by atoms with E-state index in [1.54, 1.807) is 5.56 Å². The number of unbranched alkanes of at least 4 members (excludes halogenated alkanes) is 2. The minimum absolute atomic E-state index is 0.